The van der Waals surface area contributed by atoms with Gasteiger partial charge in [-0.25, -0.2) is 19.7 Å². The highest BCUT2D eigenvalue weighted by Gasteiger charge is 2.38. The van der Waals surface area contributed by atoms with Crippen LogP contribution in [0.2, 0.25) is 5.02 Å². The molecule has 0 radical (unpaired) electrons. The van der Waals surface area contributed by atoms with Gasteiger partial charge in [0.2, 0.25) is 5.91 Å². The van der Waals surface area contributed by atoms with E-state index in [1.165, 1.54) is 50.1 Å². The smallest absolute Gasteiger partial charge is 0.417 e. The van der Waals surface area contributed by atoms with Gasteiger partial charge in [-0.15, -0.1) is 0 Å². The second kappa shape index (κ2) is 18.0. The molecule has 2 aromatic carbocycles. The van der Waals surface area contributed by atoms with Crippen molar-refractivity contribution >= 4 is 46.9 Å². The third kappa shape index (κ3) is 10.00. The van der Waals surface area contributed by atoms with Gasteiger partial charge in [-0.05, 0) is 66.6 Å². The summed E-state index contributed by atoms with van der Waals surface area (Å²) >= 11 is 6.48. The van der Waals surface area contributed by atoms with Gasteiger partial charge in [0.05, 0.1) is 59.4 Å². The largest absolute Gasteiger partial charge is 0.453 e. The van der Waals surface area contributed by atoms with Crippen molar-refractivity contribution in [3.05, 3.63) is 101 Å². The molecule has 310 valence electrons. The Morgan fingerprint density at radius 2 is 1.71 bits per heavy atom. The van der Waals surface area contributed by atoms with E-state index in [0.29, 0.717) is 48.1 Å². The van der Waals surface area contributed by atoms with Crippen LogP contribution in [0.15, 0.2) is 73.4 Å². The van der Waals surface area contributed by atoms with Gasteiger partial charge in [0.25, 0.3) is 11.8 Å². The van der Waals surface area contributed by atoms with Crippen molar-refractivity contribution in [1.82, 2.24) is 40.5 Å². The Balaban J connectivity index is 1.12. The summed E-state index contributed by atoms with van der Waals surface area (Å²) in [5.41, 5.74) is 0.417. The Morgan fingerprint density at radius 3 is 2.36 bits per heavy atom. The number of ether oxygens (including phenoxy) is 1. The highest BCUT2D eigenvalue weighted by molar-refractivity contribution is 6.34. The van der Waals surface area contributed by atoms with Crippen LogP contribution in [-0.4, -0.2) is 85.9 Å². The number of methoxy groups -OCH3 is 1. The molecule has 19 heteroatoms. The molecule has 0 spiro atoms. The zero-order chi connectivity index (χ0) is 42.4. The zero-order valence-electron chi connectivity index (χ0n) is 32.4. The number of pyridine rings is 1. The molecule has 0 unspecified atom stereocenters. The first kappa shape index (κ1) is 42.2. The number of nitrogens with one attached hydrogen (secondary N) is 6. The molecule has 1 fully saturated rings. The molecule has 6 N–H and O–H groups in total. The maximum absolute atomic E-state index is 14.5. The molecule has 0 saturated carbocycles. The van der Waals surface area contributed by atoms with E-state index in [-0.39, 0.29) is 57.2 Å². The van der Waals surface area contributed by atoms with Crippen LogP contribution in [0.1, 0.15) is 71.9 Å². The van der Waals surface area contributed by atoms with Crippen LogP contribution in [0.5, 0.6) is 0 Å². The fourth-order valence-corrected chi connectivity index (χ4v) is 6.85. The first-order valence-electron chi connectivity index (χ1n) is 18.6. The Kier molecular flexibility index (Phi) is 12.9. The molecule has 1 aliphatic rings. The number of benzene rings is 2. The number of hydrogen-bond donors (Lipinski definition) is 6. The maximum Gasteiger partial charge on any atom is 0.417 e. The number of imidazole rings is 2. The van der Waals surface area contributed by atoms with Crippen molar-refractivity contribution in [3.8, 4) is 22.4 Å². The molecule has 0 aliphatic carbocycles. The van der Waals surface area contributed by atoms with Crippen molar-refractivity contribution < 1.29 is 37.1 Å². The Bertz CT molecular complexity index is 2280. The number of hydrogen-bond acceptors (Lipinski definition) is 9. The van der Waals surface area contributed by atoms with Gasteiger partial charge in [0.15, 0.2) is 0 Å². The van der Waals surface area contributed by atoms with Gasteiger partial charge in [0, 0.05) is 25.3 Å². The molecule has 6 rings (SSSR count). The van der Waals surface area contributed by atoms with Gasteiger partial charge in [-0.2, -0.15) is 13.2 Å². The number of carbonyl (C=O) groups is 4. The lowest BCUT2D eigenvalue weighted by Gasteiger charge is -2.30. The van der Waals surface area contributed by atoms with E-state index in [9.17, 15) is 32.3 Å². The second-order valence-corrected chi connectivity index (χ2v) is 14.7. The van der Waals surface area contributed by atoms with Crippen LogP contribution >= 0.6 is 11.6 Å². The normalized spacial score (nSPS) is 15.1. The lowest BCUT2D eigenvalue weighted by molar-refractivity contribution is -0.137. The Morgan fingerprint density at radius 1 is 0.966 bits per heavy atom. The summed E-state index contributed by atoms with van der Waals surface area (Å²) in [6.45, 7) is 6.23. The van der Waals surface area contributed by atoms with Crippen LogP contribution in [0.25, 0.3) is 22.4 Å². The number of likely N-dealkylation sites (tertiary alicyclic amines) is 1. The van der Waals surface area contributed by atoms with E-state index < -0.39 is 29.8 Å². The molecule has 4 amide bonds. The zero-order valence-corrected chi connectivity index (χ0v) is 33.2. The fourth-order valence-electron chi connectivity index (χ4n) is 6.63. The third-order valence-electron chi connectivity index (χ3n) is 9.74. The average molecular weight is 835 g/mol. The lowest BCUT2D eigenvalue weighted by Crippen LogP contribution is -2.51. The standard InChI is InChI=1S/C40H42ClF3N10O5/c1-21(2)34(53-39(58)59-4)38(57)54-13-5-6-32(54)35-48-19-30(51-35)24-9-7-23(8-10-24)26-14-28(41)29(15-27(26)40(42,43)44)52-36(55)25-11-12-33(47-17-25)46-16-22(3)50-37(56)31-18-45-20-49-31/h7-12,14-15,17-22,32,34H,5-6,13,16H2,1-4H3,(H,45,49)(H,46,47)(H,48,51)(H,50,56)(H,52,55)(H,53,58)/t22-,32-,34-/m0/s1. The quantitative estimate of drug-likeness (QED) is 0.0719. The minimum Gasteiger partial charge on any atom is -0.453 e. The Labute approximate surface area is 341 Å². The highest BCUT2D eigenvalue weighted by atomic mass is 35.5. The molecule has 4 heterocycles. The molecule has 1 aliphatic heterocycles. The van der Waals surface area contributed by atoms with Crippen molar-refractivity contribution in [2.45, 2.75) is 57.9 Å². The predicted molar refractivity (Wildman–Crippen MR) is 214 cm³/mol. The molecule has 3 atom stereocenters. The topological polar surface area (TPSA) is 199 Å². The van der Waals surface area contributed by atoms with Crippen molar-refractivity contribution in [3.63, 3.8) is 0 Å². The summed E-state index contributed by atoms with van der Waals surface area (Å²) in [6.07, 6.45) is 1.54. The molecule has 3 aromatic heterocycles. The number of amides is 4. The van der Waals surface area contributed by atoms with Crippen LogP contribution in [0.3, 0.4) is 0 Å². The number of H-pyrrole nitrogens is 2. The minimum absolute atomic E-state index is 0.0740. The summed E-state index contributed by atoms with van der Waals surface area (Å²) in [7, 11) is 1.23. The van der Waals surface area contributed by atoms with Gasteiger partial charge >= 0.3 is 12.3 Å². The number of nitrogens with zero attached hydrogens (tertiary/aromatic N) is 4. The molecule has 0 bridgehead atoms. The molecular weight excluding hydrogens is 793 g/mol. The van der Waals surface area contributed by atoms with Crippen molar-refractivity contribution in [2.75, 3.05) is 30.8 Å². The average Bonchev–Trinajstić information content (AvgIpc) is 4.02. The SMILES string of the molecule is COC(=O)N[C@H](C(=O)N1CCC[C@H]1c1ncc(-c2ccc(-c3cc(Cl)c(NC(=O)c4ccc(NC[C@H](C)NC(=O)c5cnc[nH]5)nc4)cc3C(F)(F)F)cc2)[nH]1)C(C)C. The van der Waals surface area contributed by atoms with E-state index in [0.717, 1.165) is 18.6 Å². The monoisotopic (exact) mass is 834 g/mol. The van der Waals surface area contributed by atoms with Gasteiger partial charge in [-0.1, -0.05) is 49.7 Å². The van der Waals surface area contributed by atoms with E-state index in [4.69, 9.17) is 16.3 Å². The van der Waals surface area contributed by atoms with Crippen LogP contribution in [-0.2, 0) is 15.7 Å². The number of anilines is 2. The second-order valence-electron chi connectivity index (χ2n) is 14.3. The van der Waals surface area contributed by atoms with E-state index >= 15 is 0 Å². The van der Waals surface area contributed by atoms with Gasteiger partial charge < -0.3 is 40.9 Å². The molecular formula is C40H42ClF3N10O5. The number of aromatic nitrogens is 5. The van der Waals surface area contributed by atoms with E-state index in [1.807, 2.05) is 13.8 Å². The van der Waals surface area contributed by atoms with E-state index in [2.05, 4.69) is 46.2 Å². The first-order chi connectivity index (χ1) is 28.1. The summed E-state index contributed by atoms with van der Waals surface area (Å²) in [6, 6.07) is 9.84. The van der Waals surface area contributed by atoms with Crippen molar-refractivity contribution in [2.24, 2.45) is 5.92 Å². The minimum atomic E-state index is -4.80. The van der Waals surface area contributed by atoms with Crippen LogP contribution < -0.4 is 21.3 Å². The number of halogens is 4. The van der Waals surface area contributed by atoms with E-state index in [1.54, 1.807) is 30.2 Å². The number of alkyl halides is 3. The van der Waals surface area contributed by atoms with Crippen LogP contribution in [0, 0.1) is 5.92 Å². The third-order valence-corrected chi connectivity index (χ3v) is 10.1. The number of aromatic amines is 2. The maximum atomic E-state index is 14.5. The van der Waals surface area contributed by atoms with Crippen molar-refractivity contribution in [1.29, 1.82) is 0 Å². The molecule has 59 heavy (non-hydrogen) atoms. The van der Waals surface area contributed by atoms with Gasteiger partial charge in [0.1, 0.15) is 23.4 Å². The fraction of sp³-hybridized carbons (Fsp3) is 0.325. The Hall–Kier alpha value is -6.43. The molecule has 15 nitrogen and oxygen atoms in total. The summed E-state index contributed by atoms with van der Waals surface area (Å²) in [4.78, 5) is 71.0. The first-order valence-corrected chi connectivity index (χ1v) is 19.0. The predicted octanol–water partition coefficient (Wildman–Crippen LogP) is 7.06. The number of carbonyl (C=O) groups excluding carboxylic acids is 4. The lowest BCUT2D eigenvalue weighted by atomic mass is 9.97. The number of rotatable bonds is 13. The number of alkyl carbamates (subject to hydrolysis) is 1. The molecule has 1 saturated heterocycles. The van der Waals surface area contributed by atoms with Crippen LogP contribution in [0.4, 0.5) is 29.5 Å². The summed E-state index contributed by atoms with van der Waals surface area (Å²) in [5.74, 6) is -0.549. The summed E-state index contributed by atoms with van der Waals surface area (Å²) < 4.78 is 48.2. The van der Waals surface area contributed by atoms with Gasteiger partial charge in [-0.3, -0.25) is 14.4 Å². The molecule has 5 aromatic rings. The summed E-state index contributed by atoms with van der Waals surface area (Å²) in [5, 5.41) is 10.8. The highest BCUT2D eigenvalue weighted by Crippen LogP contribution is 2.42.